The van der Waals surface area contributed by atoms with Crippen molar-refractivity contribution < 1.29 is 31.5 Å². The molecule has 38 heavy (non-hydrogen) atoms. The summed E-state index contributed by atoms with van der Waals surface area (Å²) in [5.74, 6) is -5.87. The number of carbonyl (C=O) groups excluding carboxylic acids is 2. The monoisotopic (exact) mass is 655 g/mol. The van der Waals surface area contributed by atoms with Crippen molar-refractivity contribution in [2.24, 2.45) is 5.92 Å². The lowest BCUT2D eigenvalue weighted by molar-refractivity contribution is -0.137. The SMILES string of the molecule is Nc1c(F)ccc(NC(=O)c2cc(NC(=O)C3C(c4cc(Br)cc(C(F)(F)F)c4)C3(Cl)Cl)ccc2Cl)c1F. The van der Waals surface area contributed by atoms with Crippen LogP contribution in [0.4, 0.5) is 39.0 Å². The molecule has 0 aliphatic heterocycles. The van der Waals surface area contributed by atoms with Crippen LogP contribution in [0.25, 0.3) is 0 Å². The van der Waals surface area contributed by atoms with Crippen LogP contribution in [0.2, 0.25) is 5.02 Å². The average molecular weight is 658 g/mol. The van der Waals surface area contributed by atoms with Gasteiger partial charge in [0.25, 0.3) is 5.91 Å². The van der Waals surface area contributed by atoms with Crippen molar-refractivity contribution in [1.82, 2.24) is 0 Å². The predicted octanol–water partition coefficient (Wildman–Crippen LogP) is 7.76. The van der Waals surface area contributed by atoms with Crippen LogP contribution in [-0.4, -0.2) is 16.1 Å². The summed E-state index contributed by atoms with van der Waals surface area (Å²) in [5, 5.41) is 4.67. The van der Waals surface area contributed by atoms with Gasteiger partial charge >= 0.3 is 6.18 Å². The fraction of sp³-hybridized carbons (Fsp3) is 0.167. The predicted molar refractivity (Wildman–Crippen MR) is 139 cm³/mol. The second-order valence-electron chi connectivity index (χ2n) is 8.36. The molecule has 0 bridgehead atoms. The highest BCUT2D eigenvalue weighted by Crippen LogP contribution is 2.65. The fourth-order valence-electron chi connectivity index (χ4n) is 3.88. The van der Waals surface area contributed by atoms with Gasteiger partial charge in [-0.25, -0.2) is 8.78 Å². The first-order valence-electron chi connectivity index (χ1n) is 10.5. The molecule has 2 amide bonds. The van der Waals surface area contributed by atoms with Gasteiger partial charge in [0.2, 0.25) is 5.91 Å². The van der Waals surface area contributed by atoms with E-state index in [-0.39, 0.29) is 26.3 Å². The number of halogens is 9. The molecule has 1 aliphatic rings. The Balaban J connectivity index is 1.54. The van der Waals surface area contributed by atoms with Crippen LogP contribution in [0.5, 0.6) is 0 Å². The Bertz CT molecular complexity index is 1470. The molecular formula is C24H14BrCl3F5N3O2. The molecule has 1 aliphatic carbocycles. The summed E-state index contributed by atoms with van der Waals surface area (Å²) < 4.78 is 65.8. The van der Waals surface area contributed by atoms with E-state index in [0.717, 1.165) is 24.3 Å². The first-order valence-corrected chi connectivity index (χ1v) is 12.4. The van der Waals surface area contributed by atoms with Crippen LogP contribution < -0.4 is 16.4 Å². The third-order valence-electron chi connectivity index (χ3n) is 5.80. The minimum atomic E-state index is -4.63. The van der Waals surface area contributed by atoms with Gasteiger partial charge in [-0.15, -0.1) is 23.2 Å². The van der Waals surface area contributed by atoms with Gasteiger partial charge in [-0.3, -0.25) is 9.59 Å². The molecule has 0 spiro atoms. The normalized spacial score (nSPS) is 18.1. The van der Waals surface area contributed by atoms with Gasteiger partial charge in [-0.05, 0) is 54.1 Å². The second-order valence-corrected chi connectivity index (χ2v) is 11.1. The van der Waals surface area contributed by atoms with Crippen molar-refractivity contribution in [1.29, 1.82) is 0 Å². The maximum absolute atomic E-state index is 14.2. The topological polar surface area (TPSA) is 84.2 Å². The lowest BCUT2D eigenvalue weighted by atomic mass is 10.0. The smallest absolute Gasteiger partial charge is 0.394 e. The number of hydrogen-bond donors (Lipinski definition) is 3. The van der Waals surface area contributed by atoms with Gasteiger partial charge in [0.05, 0.1) is 27.8 Å². The van der Waals surface area contributed by atoms with Gasteiger partial charge in [0.1, 0.15) is 15.8 Å². The van der Waals surface area contributed by atoms with Crippen molar-refractivity contribution >= 4 is 79.6 Å². The quantitative estimate of drug-likeness (QED) is 0.149. The lowest BCUT2D eigenvalue weighted by Crippen LogP contribution is -2.18. The minimum Gasteiger partial charge on any atom is -0.394 e. The van der Waals surface area contributed by atoms with E-state index >= 15 is 0 Å². The number of anilines is 3. The molecule has 0 heterocycles. The Labute approximate surface area is 235 Å². The molecule has 2 atom stereocenters. The van der Waals surface area contributed by atoms with Gasteiger partial charge < -0.3 is 16.4 Å². The number of nitrogens with two attached hydrogens (primary N) is 1. The number of hydrogen-bond acceptors (Lipinski definition) is 3. The van der Waals surface area contributed by atoms with Crippen molar-refractivity contribution in [3.05, 3.63) is 86.4 Å². The van der Waals surface area contributed by atoms with Gasteiger partial charge in [-0.1, -0.05) is 27.5 Å². The summed E-state index contributed by atoms with van der Waals surface area (Å²) in [5.41, 5.74) is 3.17. The second kappa shape index (κ2) is 10.2. The zero-order chi connectivity index (χ0) is 28.2. The molecule has 3 aromatic rings. The molecule has 200 valence electrons. The van der Waals surface area contributed by atoms with E-state index in [0.29, 0.717) is 0 Å². The van der Waals surface area contributed by atoms with Crippen LogP contribution >= 0.6 is 50.7 Å². The first kappa shape index (κ1) is 28.4. The largest absolute Gasteiger partial charge is 0.416 e. The molecule has 0 saturated heterocycles. The zero-order valence-corrected chi connectivity index (χ0v) is 22.4. The molecule has 4 N–H and O–H groups in total. The molecule has 14 heteroatoms. The van der Waals surface area contributed by atoms with Crippen molar-refractivity contribution in [3.8, 4) is 0 Å². The van der Waals surface area contributed by atoms with Gasteiger partial charge in [0, 0.05) is 16.1 Å². The molecule has 1 fully saturated rings. The molecular weight excluding hydrogens is 644 g/mol. The van der Waals surface area contributed by atoms with E-state index in [9.17, 15) is 31.5 Å². The number of benzene rings is 3. The number of nitrogen functional groups attached to an aromatic ring is 1. The molecule has 5 nitrogen and oxygen atoms in total. The van der Waals surface area contributed by atoms with Crippen LogP contribution in [-0.2, 0) is 11.0 Å². The van der Waals surface area contributed by atoms with Crippen LogP contribution in [0, 0.1) is 17.6 Å². The first-order chi connectivity index (χ1) is 17.6. The molecule has 0 radical (unpaired) electrons. The minimum absolute atomic E-state index is 0.0573. The Morgan fingerprint density at radius 3 is 2.34 bits per heavy atom. The molecule has 1 saturated carbocycles. The third-order valence-corrected chi connectivity index (χ3v) is 7.52. The number of carbonyl (C=O) groups is 2. The van der Waals surface area contributed by atoms with Gasteiger partial charge in [-0.2, -0.15) is 13.2 Å². The molecule has 4 rings (SSSR count). The lowest BCUT2D eigenvalue weighted by Gasteiger charge is -2.12. The molecule has 2 unspecified atom stereocenters. The van der Waals surface area contributed by atoms with E-state index in [1.807, 2.05) is 0 Å². The highest BCUT2D eigenvalue weighted by atomic mass is 79.9. The summed E-state index contributed by atoms with van der Waals surface area (Å²) >= 11 is 21.7. The number of rotatable bonds is 5. The number of alkyl halides is 5. The van der Waals surface area contributed by atoms with E-state index in [1.165, 1.54) is 24.3 Å². The Morgan fingerprint density at radius 2 is 1.68 bits per heavy atom. The summed E-state index contributed by atoms with van der Waals surface area (Å²) in [6.07, 6.45) is -4.63. The van der Waals surface area contributed by atoms with Crippen LogP contribution in [0.1, 0.15) is 27.4 Å². The number of nitrogens with one attached hydrogen (secondary N) is 2. The maximum Gasteiger partial charge on any atom is 0.416 e. The standard InChI is InChI=1S/C24H14BrCl3F5N3O2/c25-11-6-9(5-10(7-11)24(31,32)33)17-18(23(17,27)28)22(38)35-12-1-2-14(26)13(8-12)21(37)36-16-4-3-15(29)20(34)19(16)30/h1-8,17-18H,34H2,(H,35,38)(H,36,37). The summed E-state index contributed by atoms with van der Waals surface area (Å²) in [6.45, 7) is 0. The maximum atomic E-state index is 14.2. The summed E-state index contributed by atoms with van der Waals surface area (Å²) in [4.78, 5) is 25.7. The molecule has 3 aromatic carbocycles. The van der Waals surface area contributed by atoms with Crippen LogP contribution in [0.3, 0.4) is 0 Å². The van der Waals surface area contributed by atoms with Crippen molar-refractivity contribution in [3.63, 3.8) is 0 Å². The van der Waals surface area contributed by atoms with Crippen molar-refractivity contribution in [2.45, 2.75) is 16.4 Å². The fourth-order valence-corrected chi connectivity index (χ4v) is 5.42. The molecule has 0 aromatic heterocycles. The van der Waals surface area contributed by atoms with E-state index in [2.05, 4.69) is 26.6 Å². The highest BCUT2D eigenvalue weighted by molar-refractivity contribution is 9.10. The summed E-state index contributed by atoms with van der Waals surface area (Å²) in [6, 6.07) is 8.80. The average Bonchev–Trinajstić information content (AvgIpc) is 3.41. The third kappa shape index (κ3) is 5.56. The van der Waals surface area contributed by atoms with Crippen LogP contribution in [0.15, 0.2) is 53.0 Å². The zero-order valence-electron chi connectivity index (χ0n) is 18.6. The van der Waals surface area contributed by atoms with E-state index in [4.69, 9.17) is 40.5 Å². The van der Waals surface area contributed by atoms with Crippen molar-refractivity contribution in [2.75, 3.05) is 16.4 Å². The Morgan fingerprint density at radius 1 is 1.00 bits per heavy atom. The summed E-state index contributed by atoms with van der Waals surface area (Å²) in [7, 11) is 0. The highest BCUT2D eigenvalue weighted by Gasteiger charge is 2.67. The number of amides is 2. The van der Waals surface area contributed by atoms with E-state index < -0.39 is 62.7 Å². The Kier molecular flexibility index (Phi) is 7.61. The van der Waals surface area contributed by atoms with Gasteiger partial charge in [0.15, 0.2) is 5.82 Å². The van der Waals surface area contributed by atoms with E-state index in [1.54, 1.807) is 0 Å². The Hall–Kier alpha value is -2.60.